The fraction of sp³-hybridized carbons (Fsp3) is 0.462. The molecule has 98 valence electrons. The largest absolute Gasteiger partial charge is 0.507 e. The third-order valence-corrected chi connectivity index (χ3v) is 4.13. The van der Waals surface area contributed by atoms with Crippen molar-refractivity contribution >= 4 is 28.5 Å². The molecule has 2 unspecified atom stereocenters. The van der Waals surface area contributed by atoms with Gasteiger partial charge in [0.05, 0.1) is 3.57 Å². The number of amides is 1. The monoisotopic (exact) mass is 360 g/mol. The number of piperazine rings is 1. The van der Waals surface area contributed by atoms with Crippen molar-refractivity contribution < 1.29 is 9.90 Å². The molecule has 1 heterocycles. The number of nitrogens with one attached hydrogen (secondary N) is 1. The Labute approximate surface area is 121 Å². The number of phenols is 1. The summed E-state index contributed by atoms with van der Waals surface area (Å²) in [5.74, 6) is 0.153. The molecule has 1 aromatic carbocycles. The average molecular weight is 360 g/mol. The average Bonchev–Trinajstić information content (AvgIpc) is 2.35. The molecule has 1 amide bonds. The molecule has 2 rings (SSSR count). The van der Waals surface area contributed by atoms with Crippen LogP contribution in [0, 0.1) is 3.57 Å². The summed E-state index contributed by atoms with van der Waals surface area (Å²) in [6, 6.07) is 5.56. The van der Waals surface area contributed by atoms with Crippen LogP contribution in [0.15, 0.2) is 18.2 Å². The fourth-order valence-electron chi connectivity index (χ4n) is 2.12. The van der Waals surface area contributed by atoms with E-state index in [4.69, 9.17) is 0 Å². The van der Waals surface area contributed by atoms with E-state index in [1.54, 1.807) is 18.2 Å². The van der Waals surface area contributed by atoms with E-state index >= 15 is 0 Å². The van der Waals surface area contributed by atoms with Crippen molar-refractivity contribution in [1.82, 2.24) is 10.2 Å². The van der Waals surface area contributed by atoms with Crippen LogP contribution < -0.4 is 5.32 Å². The lowest BCUT2D eigenvalue weighted by molar-refractivity contribution is 0.0616. The van der Waals surface area contributed by atoms with E-state index in [0.717, 1.165) is 10.1 Å². The summed E-state index contributed by atoms with van der Waals surface area (Å²) in [7, 11) is 0. The zero-order valence-corrected chi connectivity index (χ0v) is 12.6. The van der Waals surface area contributed by atoms with Crippen molar-refractivity contribution in [2.24, 2.45) is 0 Å². The van der Waals surface area contributed by atoms with Crippen LogP contribution in [0.1, 0.15) is 24.2 Å². The summed E-state index contributed by atoms with van der Waals surface area (Å²) in [5.41, 5.74) is 0.550. The number of carbonyl (C=O) groups excluding carboxylic acids is 1. The van der Waals surface area contributed by atoms with Crippen molar-refractivity contribution in [3.05, 3.63) is 27.3 Å². The molecular weight excluding hydrogens is 343 g/mol. The molecule has 2 atom stereocenters. The first-order chi connectivity index (χ1) is 8.49. The van der Waals surface area contributed by atoms with Gasteiger partial charge in [-0.15, -0.1) is 0 Å². The van der Waals surface area contributed by atoms with E-state index in [-0.39, 0.29) is 17.7 Å². The highest BCUT2D eigenvalue weighted by Crippen LogP contribution is 2.22. The van der Waals surface area contributed by atoms with Gasteiger partial charge in [-0.25, -0.2) is 0 Å². The van der Waals surface area contributed by atoms with Crippen molar-refractivity contribution in [3.63, 3.8) is 0 Å². The minimum absolute atomic E-state index is 0.0115. The zero-order chi connectivity index (χ0) is 13.3. The predicted molar refractivity (Wildman–Crippen MR) is 78.8 cm³/mol. The Kier molecular flexibility index (Phi) is 4.11. The molecule has 0 aromatic heterocycles. The van der Waals surface area contributed by atoms with Gasteiger partial charge in [-0.3, -0.25) is 4.79 Å². The molecule has 0 saturated carbocycles. The molecule has 4 nitrogen and oxygen atoms in total. The summed E-state index contributed by atoms with van der Waals surface area (Å²) < 4.78 is 0.755. The van der Waals surface area contributed by atoms with Crippen LogP contribution in [0.2, 0.25) is 0 Å². The van der Waals surface area contributed by atoms with Crippen molar-refractivity contribution in [2.45, 2.75) is 25.9 Å². The van der Waals surface area contributed by atoms with E-state index in [9.17, 15) is 9.90 Å². The van der Waals surface area contributed by atoms with Gasteiger partial charge in [0.1, 0.15) is 5.75 Å². The van der Waals surface area contributed by atoms with Crippen LogP contribution in [0.25, 0.3) is 0 Å². The fourth-order valence-corrected chi connectivity index (χ4v) is 2.45. The highest BCUT2D eigenvalue weighted by Gasteiger charge is 2.27. The number of benzene rings is 1. The number of aromatic hydroxyl groups is 1. The van der Waals surface area contributed by atoms with E-state index in [1.165, 1.54) is 0 Å². The first-order valence-corrected chi connectivity index (χ1v) is 7.09. The second-order valence-corrected chi connectivity index (χ2v) is 5.94. The second-order valence-electron chi connectivity index (χ2n) is 4.78. The Hall–Kier alpha value is -0.820. The highest BCUT2D eigenvalue weighted by molar-refractivity contribution is 14.1. The van der Waals surface area contributed by atoms with E-state index in [0.29, 0.717) is 18.2 Å². The van der Waals surface area contributed by atoms with Gasteiger partial charge in [0.2, 0.25) is 0 Å². The van der Waals surface area contributed by atoms with E-state index < -0.39 is 0 Å². The lowest BCUT2D eigenvalue weighted by Gasteiger charge is -2.37. The molecule has 1 fully saturated rings. The summed E-state index contributed by atoms with van der Waals surface area (Å²) in [6.45, 7) is 5.61. The molecule has 0 radical (unpaired) electrons. The summed E-state index contributed by atoms with van der Waals surface area (Å²) >= 11 is 2.04. The number of hydrogen-bond acceptors (Lipinski definition) is 3. The van der Waals surface area contributed by atoms with Gasteiger partial charge in [-0.2, -0.15) is 0 Å². The smallest absolute Gasteiger partial charge is 0.254 e. The van der Waals surface area contributed by atoms with E-state index in [2.05, 4.69) is 12.2 Å². The number of rotatable bonds is 1. The Morgan fingerprint density at radius 1 is 1.50 bits per heavy atom. The molecule has 1 saturated heterocycles. The number of halogens is 1. The number of nitrogens with zero attached hydrogens (tertiary/aromatic N) is 1. The van der Waals surface area contributed by atoms with Gasteiger partial charge in [0.25, 0.3) is 5.91 Å². The molecule has 0 bridgehead atoms. The number of carbonyl (C=O) groups is 1. The maximum atomic E-state index is 12.4. The van der Waals surface area contributed by atoms with Crippen molar-refractivity contribution in [2.75, 3.05) is 13.1 Å². The molecule has 5 heteroatoms. The predicted octanol–water partition coefficient (Wildman–Crippen LogP) is 1.82. The molecule has 1 aromatic rings. The standard InChI is InChI=1S/C13H17IN2O2/c1-8-7-16(9(2)6-15-8)13(18)10-3-4-11(14)12(17)5-10/h3-5,8-9,15,17H,6-7H2,1-2H3. The Bertz CT molecular complexity index is 464. The van der Waals surface area contributed by atoms with Crippen LogP contribution in [0.3, 0.4) is 0 Å². The second kappa shape index (κ2) is 5.44. The Balaban J connectivity index is 2.21. The SMILES string of the molecule is CC1CN(C(=O)c2ccc(I)c(O)c2)C(C)CN1. The molecule has 0 spiro atoms. The van der Waals surface area contributed by atoms with Gasteiger partial charge in [-0.1, -0.05) is 0 Å². The van der Waals surface area contributed by atoms with E-state index in [1.807, 2.05) is 34.4 Å². The molecule has 1 aliphatic heterocycles. The minimum Gasteiger partial charge on any atom is -0.507 e. The van der Waals surface area contributed by atoms with Gasteiger partial charge >= 0.3 is 0 Å². The highest BCUT2D eigenvalue weighted by atomic mass is 127. The van der Waals surface area contributed by atoms with Crippen LogP contribution >= 0.6 is 22.6 Å². The van der Waals surface area contributed by atoms with Crippen LogP contribution in [-0.4, -0.2) is 41.1 Å². The summed E-state index contributed by atoms with van der Waals surface area (Å²) in [6.07, 6.45) is 0. The van der Waals surface area contributed by atoms with Crippen molar-refractivity contribution in [3.8, 4) is 5.75 Å². The molecule has 18 heavy (non-hydrogen) atoms. The first-order valence-electron chi connectivity index (χ1n) is 6.02. The van der Waals surface area contributed by atoms with Crippen LogP contribution in [0.5, 0.6) is 5.75 Å². The third kappa shape index (κ3) is 2.77. The Morgan fingerprint density at radius 3 is 2.89 bits per heavy atom. The first kappa shape index (κ1) is 13.6. The van der Waals surface area contributed by atoms with Gasteiger partial charge in [0.15, 0.2) is 0 Å². The maximum Gasteiger partial charge on any atom is 0.254 e. The minimum atomic E-state index is -0.0115. The molecule has 2 N–H and O–H groups in total. The molecular formula is C13H17IN2O2. The normalized spacial score (nSPS) is 24.1. The van der Waals surface area contributed by atoms with Crippen LogP contribution in [0.4, 0.5) is 0 Å². The van der Waals surface area contributed by atoms with Crippen LogP contribution in [-0.2, 0) is 0 Å². The number of phenolic OH excluding ortho intramolecular Hbond substituents is 1. The lowest BCUT2D eigenvalue weighted by atomic mass is 10.1. The Morgan fingerprint density at radius 2 is 2.22 bits per heavy atom. The summed E-state index contributed by atoms with van der Waals surface area (Å²) in [4.78, 5) is 14.3. The topological polar surface area (TPSA) is 52.6 Å². The lowest BCUT2D eigenvalue weighted by Crippen LogP contribution is -2.56. The van der Waals surface area contributed by atoms with Gasteiger partial charge in [-0.05, 0) is 54.6 Å². The van der Waals surface area contributed by atoms with Crippen molar-refractivity contribution in [1.29, 1.82) is 0 Å². The van der Waals surface area contributed by atoms with Gasteiger partial charge in [0, 0.05) is 30.7 Å². The zero-order valence-electron chi connectivity index (χ0n) is 10.5. The summed E-state index contributed by atoms with van der Waals surface area (Å²) in [5, 5.41) is 13.0. The number of hydrogen-bond donors (Lipinski definition) is 2. The molecule has 0 aliphatic carbocycles. The molecule has 1 aliphatic rings. The quantitative estimate of drug-likeness (QED) is 0.752. The van der Waals surface area contributed by atoms with Gasteiger partial charge < -0.3 is 15.3 Å². The third-order valence-electron chi connectivity index (χ3n) is 3.22. The maximum absolute atomic E-state index is 12.4.